The summed E-state index contributed by atoms with van der Waals surface area (Å²) in [5, 5.41) is 1.53. The Morgan fingerprint density at radius 2 is 1.80 bits per heavy atom. The van der Waals surface area contributed by atoms with Crippen molar-refractivity contribution < 1.29 is 4.79 Å². The predicted octanol–water partition coefficient (Wildman–Crippen LogP) is 4.88. The van der Waals surface area contributed by atoms with Gasteiger partial charge in [0.2, 0.25) is 0 Å². The van der Waals surface area contributed by atoms with Crippen molar-refractivity contribution in [3.63, 3.8) is 0 Å². The van der Waals surface area contributed by atoms with Crippen molar-refractivity contribution in [1.29, 1.82) is 0 Å². The first-order chi connectivity index (χ1) is 9.65. The summed E-state index contributed by atoms with van der Waals surface area (Å²) in [6, 6.07) is 14.5. The van der Waals surface area contributed by atoms with Crippen LogP contribution in [0.25, 0.3) is 10.9 Å². The SMILES string of the molecule is O=C(c1ccc(Br)c(Cl)c1)c1ccc2cccnc2c1. The third-order valence-corrected chi connectivity index (χ3v) is 4.28. The van der Waals surface area contributed by atoms with Gasteiger partial charge in [0.05, 0.1) is 10.5 Å². The monoisotopic (exact) mass is 345 g/mol. The third kappa shape index (κ3) is 2.47. The number of carbonyl (C=O) groups is 1. The van der Waals surface area contributed by atoms with Gasteiger partial charge in [-0.1, -0.05) is 29.8 Å². The molecule has 0 radical (unpaired) electrons. The third-order valence-electron chi connectivity index (χ3n) is 3.05. The molecule has 3 aromatic rings. The summed E-state index contributed by atoms with van der Waals surface area (Å²) >= 11 is 9.34. The van der Waals surface area contributed by atoms with Crippen LogP contribution < -0.4 is 0 Å². The van der Waals surface area contributed by atoms with Crippen LogP contribution in [0.1, 0.15) is 15.9 Å². The highest BCUT2D eigenvalue weighted by Gasteiger charge is 2.11. The van der Waals surface area contributed by atoms with Crippen LogP contribution in [-0.4, -0.2) is 10.8 Å². The second kappa shape index (κ2) is 5.35. The average molecular weight is 347 g/mol. The van der Waals surface area contributed by atoms with Gasteiger partial charge in [-0.2, -0.15) is 0 Å². The van der Waals surface area contributed by atoms with Crippen LogP contribution in [0.2, 0.25) is 5.02 Å². The Hall–Kier alpha value is -1.71. The van der Waals surface area contributed by atoms with E-state index in [2.05, 4.69) is 20.9 Å². The minimum absolute atomic E-state index is 0.0630. The molecule has 3 rings (SSSR count). The Labute approximate surface area is 129 Å². The molecule has 0 aliphatic heterocycles. The molecule has 4 heteroatoms. The van der Waals surface area contributed by atoms with E-state index in [0.29, 0.717) is 16.1 Å². The number of pyridine rings is 1. The lowest BCUT2D eigenvalue weighted by Gasteiger charge is -2.04. The molecule has 2 aromatic carbocycles. The van der Waals surface area contributed by atoms with Crippen LogP contribution >= 0.6 is 27.5 Å². The average Bonchev–Trinajstić information content (AvgIpc) is 2.49. The number of aromatic nitrogens is 1. The number of rotatable bonds is 2. The molecular formula is C16H9BrClNO. The molecule has 1 aromatic heterocycles. The van der Waals surface area contributed by atoms with Gasteiger partial charge in [-0.25, -0.2) is 0 Å². The molecular weight excluding hydrogens is 338 g/mol. The fourth-order valence-corrected chi connectivity index (χ4v) is 2.44. The van der Waals surface area contributed by atoms with Crippen LogP contribution in [0.5, 0.6) is 0 Å². The molecule has 98 valence electrons. The zero-order valence-electron chi connectivity index (χ0n) is 10.3. The minimum Gasteiger partial charge on any atom is -0.289 e. The summed E-state index contributed by atoms with van der Waals surface area (Å²) < 4.78 is 0.774. The van der Waals surface area contributed by atoms with E-state index in [0.717, 1.165) is 15.4 Å². The van der Waals surface area contributed by atoms with Crippen molar-refractivity contribution in [3.05, 3.63) is 75.4 Å². The first kappa shape index (κ1) is 13.3. The normalized spacial score (nSPS) is 10.7. The summed E-state index contributed by atoms with van der Waals surface area (Å²) in [5.74, 6) is -0.0630. The van der Waals surface area contributed by atoms with E-state index in [1.165, 1.54) is 0 Å². The lowest BCUT2D eigenvalue weighted by Crippen LogP contribution is -2.01. The first-order valence-electron chi connectivity index (χ1n) is 6.00. The van der Waals surface area contributed by atoms with E-state index in [4.69, 9.17) is 11.6 Å². The van der Waals surface area contributed by atoms with Crippen molar-refractivity contribution in [1.82, 2.24) is 4.98 Å². The van der Waals surface area contributed by atoms with Crippen LogP contribution in [-0.2, 0) is 0 Å². The predicted molar refractivity (Wildman–Crippen MR) is 84.3 cm³/mol. The molecule has 0 fully saturated rings. The van der Waals surface area contributed by atoms with Crippen molar-refractivity contribution >= 4 is 44.2 Å². The van der Waals surface area contributed by atoms with E-state index >= 15 is 0 Å². The molecule has 0 saturated heterocycles. The summed E-state index contributed by atoms with van der Waals surface area (Å²) in [5.41, 5.74) is 1.98. The Balaban J connectivity index is 2.05. The molecule has 0 saturated carbocycles. The van der Waals surface area contributed by atoms with Gasteiger partial charge in [0.15, 0.2) is 5.78 Å². The van der Waals surface area contributed by atoms with E-state index in [9.17, 15) is 4.79 Å². The number of hydrogen-bond donors (Lipinski definition) is 0. The number of halogens is 2. The van der Waals surface area contributed by atoms with E-state index in [-0.39, 0.29) is 5.78 Å². The maximum atomic E-state index is 12.5. The van der Waals surface area contributed by atoms with E-state index in [1.54, 1.807) is 30.5 Å². The van der Waals surface area contributed by atoms with E-state index < -0.39 is 0 Å². The van der Waals surface area contributed by atoms with Crippen LogP contribution in [0.15, 0.2) is 59.2 Å². The number of benzene rings is 2. The summed E-state index contributed by atoms with van der Waals surface area (Å²) in [6.45, 7) is 0. The fourth-order valence-electron chi connectivity index (χ4n) is 2.01. The number of hydrogen-bond acceptors (Lipinski definition) is 2. The van der Waals surface area contributed by atoms with Crippen molar-refractivity contribution in [3.8, 4) is 0 Å². The van der Waals surface area contributed by atoms with Gasteiger partial charge in [0.25, 0.3) is 0 Å². The summed E-state index contributed by atoms with van der Waals surface area (Å²) in [4.78, 5) is 16.7. The Bertz CT molecular complexity index is 816. The van der Waals surface area contributed by atoms with Gasteiger partial charge in [-0.15, -0.1) is 0 Å². The molecule has 20 heavy (non-hydrogen) atoms. The van der Waals surface area contributed by atoms with Gasteiger partial charge in [-0.3, -0.25) is 9.78 Å². The smallest absolute Gasteiger partial charge is 0.193 e. The zero-order chi connectivity index (χ0) is 14.1. The second-order valence-electron chi connectivity index (χ2n) is 4.37. The number of nitrogens with zero attached hydrogens (tertiary/aromatic N) is 1. The zero-order valence-corrected chi connectivity index (χ0v) is 12.6. The lowest BCUT2D eigenvalue weighted by atomic mass is 10.0. The van der Waals surface area contributed by atoms with Gasteiger partial charge >= 0.3 is 0 Å². The van der Waals surface area contributed by atoms with Gasteiger partial charge in [0.1, 0.15) is 0 Å². The van der Waals surface area contributed by atoms with Gasteiger partial charge in [0, 0.05) is 27.2 Å². The number of carbonyl (C=O) groups excluding carboxylic acids is 1. The van der Waals surface area contributed by atoms with Gasteiger partial charge < -0.3 is 0 Å². The fraction of sp³-hybridized carbons (Fsp3) is 0. The molecule has 0 N–H and O–H groups in total. The highest BCUT2D eigenvalue weighted by molar-refractivity contribution is 9.10. The molecule has 0 amide bonds. The second-order valence-corrected chi connectivity index (χ2v) is 5.63. The summed E-state index contributed by atoms with van der Waals surface area (Å²) in [7, 11) is 0. The molecule has 0 bridgehead atoms. The Kier molecular flexibility index (Phi) is 3.55. The van der Waals surface area contributed by atoms with Crippen LogP contribution in [0.3, 0.4) is 0 Å². The Morgan fingerprint density at radius 1 is 1.05 bits per heavy atom. The quantitative estimate of drug-likeness (QED) is 0.619. The molecule has 2 nitrogen and oxygen atoms in total. The molecule has 0 unspecified atom stereocenters. The Morgan fingerprint density at radius 3 is 2.60 bits per heavy atom. The maximum absolute atomic E-state index is 12.5. The number of fused-ring (bicyclic) bond motifs is 1. The number of ketones is 1. The van der Waals surface area contributed by atoms with Crippen molar-refractivity contribution in [2.24, 2.45) is 0 Å². The van der Waals surface area contributed by atoms with Crippen LogP contribution in [0, 0.1) is 0 Å². The largest absolute Gasteiger partial charge is 0.289 e. The standard InChI is InChI=1S/C16H9BrClNO/c17-13-6-5-11(8-14(13)18)16(20)12-4-3-10-2-1-7-19-15(10)9-12/h1-9H. The maximum Gasteiger partial charge on any atom is 0.193 e. The molecule has 0 spiro atoms. The molecule has 1 heterocycles. The lowest BCUT2D eigenvalue weighted by molar-refractivity contribution is 0.103. The topological polar surface area (TPSA) is 30.0 Å². The minimum atomic E-state index is -0.0630. The summed E-state index contributed by atoms with van der Waals surface area (Å²) in [6.07, 6.45) is 1.72. The molecule has 0 aliphatic rings. The highest BCUT2D eigenvalue weighted by Crippen LogP contribution is 2.25. The van der Waals surface area contributed by atoms with Crippen molar-refractivity contribution in [2.45, 2.75) is 0 Å². The van der Waals surface area contributed by atoms with Crippen molar-refractivity contribution in [2.75, 3.05) is 0 Å². The van der Waals surface area contributed by atoms with Crippen LogP contribution in [0.4, 0.5) is 0 Å². The molecule has 0 atom stereocenters. The molecule has 0 aliphatic carbocycles. The van der Waals surface area contributed by atoms with E-state index in [1.807, 2.05) is 24.3 Å². The van der Waals surface area contributed by atoms with Gasteiger partial charge in [-0.05, 0) is 46.3 Å². The highest BCUT2D eigenvalue weighted by atomic mass is 79.9. The first-order valence-corrected chi connectivity index (χ1v) is 7.17.